The van der Waals surface area contributed by atoms with Gasteiger partial charge in [-0.1, -0.05) is 32.0 Å². The van der Waals surface area contributed by atoms with Crippen molar-refractivity contribution >= 4 is 5.91 Å². The summed E-state index contributed by atoms with van der Waals surface area (Å²) >= 11 is 0. The van der Waals surface area contributed by atoms with Crippen LogP contribution in [0.15, 0.2) is 28.9 Å². The molecule has 1 aliphatic heterocycles. The van der Waals surface area contributed by atoms with Gasteiger partial charge in [-0.2, -0.15) is 0 Å². The van der Waals surface area contributed by atoms with Crippen molar-refractivity contribution in [3.8, 4) is 0 Å². The molecule has 1 fully saturated rings. The summed E-state index contributed by atoms with van der Waals surface area (Å²) in [5.41, 5.74) is 2.90. The van der Waals surface area contributed by atoms with Crippen LogP contribution < -0.4 is 0 Å². The Morgan fingerprint density at radius 1 is 1.21 bits per heavy atom. The fraction of sp³-hybridized carbons (Fsp3) is 0.609. The zero-order chi connectivity index (χ0) is 20.4. The number of aryl methyl sites for hydroxylation is 1. The fourth-order valence-electron chi connectivity index (χ4n) is 4.51. The van der Waals surface area contributed by atoms with E-state index in [1.807, 2.05) is 23.2 Å². The smallest absolute Gasteiger partial charge is 0.276 e. The molecule has 2 aromatic heterocycles. The molecular formula is C23H32N4O2. The van der Waals surface area contributed by atoms with E-state index in [1.54, 1.807) is 0 Å². The minimum Gasteiger partial charge on any atom is -0.360 e. The second-order valence-electron chi connectivity index (χ2n) is 9.48. The van der Waals surface area contributed by atoms with Crippen molar-refractivity contribution in [1.82, 2.24) is 19.9 Å². The van der Waals surface area contributed by atoms with Crippen molar-refractivity contribution in [3.05, 3.63) is 47.1 Å². The zero-order valence-corrected chi connectivity index (χ0v) is 17.9. The highest BCUT2D eigenvalue weighted by molar-refractivity contribution is 5.94. The first-order chi connectivity index (χ1) is 13.9. The van der Waals surface area contributed by atoms with Gasteiger partial charge >= 0.3 is 0 Å². The molecule has 3 heterocycles. The molecule has 29 heavy (non-hydrogen) atoms. The monoisotopic (exact) mass is 396 g/mol. The normalized spacial score (nSPS) is 20.9. The van der Waals surface area contributed by atoms with Gasteiger partial charge in [0.05, 0.1) is 5.69 Å². The average Bonchev–Trinajstić information content (AvgIpc) is 2.99. The Kier molecular flexibility index (Phi) is 5.72. The Bertz CT molecular complexity index is 840. The van der Waals surface area contributed by atoms with Gasteiger partial charge in [-0.05, 0) is 42.7 Å². The SMILES string of the molecule is CC(C)(C)[C@H]1CCc2onc(C(=O)N3CCCN(Cc4ccccn4)CC3)c2C1. The standard InChI is InChI=1S/C23H32N4O2/c1-23(2,3)17-8-9-20-19(15-17)21(25-29-20)22(28)27-12-6-11-26(13-14-27)16-18-7-4-5-10-24-18/h4-5,7,10,17H,6,8-9,11-16H2,1-3H3/t17-/m0/s1. The Labute approximate surface area is 173 Å². The average molecular weight is 397 g/mol. The highest BCUT2D eigenvalue weighted by Gasteiger charge is 2.35. The number of carbonyl (C=O) groups excluding carboxylic acids is 1. The first-order valence-electron chi connectivity index (χ1n) is 10.8. The van der Waals surface area contributed by atoms with E-state index in [0.29, 0.717) is 11.6 Å². The van der Waals surface area contributed by atoms with Gasteiger partial charge < -0.3 is 9.42 Å². The molecule has 1 atom stereocenters. The van der Waals surface area contributed by atoms with Gasteiger partial charge in [-0.3, -0.25) is 14.7 Å². The number of hydrogen-bond donors (Lipinski definition) is 0. The minimum absolute atomic E-state index is 0.0317. The summed E-state index contributed by atoms with van der Waals surface area (Å²) in [5.74, 6) is 1.50. The number of rotatable bonds is 3. The van der Waals surface area contributed by atoms with Crippen LogP contribution in [0.4, 0.5) is 0 Å². The second-order valence-corrected chi connectivity index (χ2v) is 9.48. The molecule has 0 N–H and O–H groups in total. The summed E-state index contributed by atoms with van der Waals surface area (Å²) in [6.45, 7) is 11.0. The Balaban J connectivity index is 1.42. The summed E-state index contributed by atoms with van der Waals surface area (Å²) in [7, 11) is 0. The lowest BCUT2D eigenvalue weighted by molar-refractivity contribution is 0.0749. The van der Waals surface area contributed by atoms with E-state index in [9.17, 15) is 4.79 Å². The molecule has 0 bridgehead atoms. The quantitative estimate of drug-likeness (QED) is 0.794. The molecule has 6 heteroatoms. The Morgan fingerprint density at radius 3 is 2.83 bits per heavy atom. The summed E-state index contributed by atoms with van der Waals surface area (Å²) < 4.78 is 5.58. The molecule has 1 aliphatic carbocycles. The molecule has 1 amide bonds. The van der Waals surface area contributed by atoms with E-state index in [-0.39, 0.29) is 11.3 Å². The summed E-state index contributed by atoms with van der Waals surface area (Å²) in [5, 5.41) is 4.22. The third-order valence-corrected chi connectivity index (χ3v) is 6.45. The highest BCUT2D eigenvalue weighted by atomic mass is 16.5. The lowest BCUT2D eigenvalue weighted by Gasteiger charge is -2.33. The van der Waals surface area contributed by atoms with Gasteiger partial charge in [-0.25, -0.2) is 0 Å². The third-order valence-electron chi connectivity index (χ3n) is 6.45. The first-order valence-corrected chi connectivity index (χ1v) is 10.8. The molecule has 2 aliphatic rings. The minimum atomic E-state index is 0.0317. The van der Waals surface area contributed by atoms with Crippen molar-refractivity contribution < 1.29 is 9.32 Å². The molecule has 2 aromatic rings. The molecule has 156 valence electrons. The maximum atomic E-state index is 13.3. The maximum absolute atomic E-state index is 13.3. The van der Waals surface area contributed by atoms with E-state index in [0.717, 1.165) is 75.4 Å². The van der Waals surface area contributed by atoms with E-state index in [1.165, 1.54) is 0 Å². The third kappa shape index (κ3) is 4.53. The van der Waals surface area contributed by atoms with E-state index in [2.05, 4.69) is 41.9 Å². The van der Waals surface area contributed by atoms with Crippen LogP contribution in [0.1, 0.15) is 61.1 Å². The molecular weight excluding hydrogens is 364 g/mol. The van der Waals surface area contributed by atoms with Crippen molar-refractivity contribution in [2.45, 2.75) is 53.0 Å². The number of hydrogen-bond acceptors (Lipinski definition) is 5. The predicted octanol–water partition coefficient (Wildman–Crippen LogP) is 3.57. The van der Waals surface area contributed by atoms with E-state index < -0.39 is 0 Å². The highest BCUT2D eigenvalue weighted by Crippen LogP contribution is 2.38. The van der Waals surface area contributed by atoms with Crippen LogP contribution >= 0.6 is 0 Å². The molecule has 4 rings (SSSR count). The number of aromatic nitrogens is 2. The van der Waals surface area contributed by atoms with Gasteiger partial charge in [-0.15, -0.1) is 0 Å². The number of carbonyl (C=O) groups is 1. The number of nitrogens with zero attached hydrogens (tertiary/aromatic N) is 4. The van der Waals surface area contributed by atoms with E-state index >= 15 is 0 Å². The van der Waals surface area contributed by atoms with Crippen LogP contribution in [-0.2, 0) is 19.4 Å². The van der Waals surface area contributed by atoms with Crippen LogP contribution in [0.5, 0.6) is 0 Å². The molecule has 0 saturated carbocycles. The largest absolute Gasteiger partial charge is 0.360 e. The molecule has 0 unspecified atom stereocenters. The zero-order valence-electron chi connectivity index (χ0n) is 17.9. The van der Waals surface area contributed by atoms with Crippen molar-refractivity contribution in [2.24, 2.45) is 11.3 Å². The lowest BCUT2D eigenvalue weighted by Crippen LogP contribution is -2.36. The predicted molar refractivity (Wildman–Crippen MR) is 112 cm³/mol. The number of pyridine rings is 1. The van der Waals surface area contributed by atoms with Crippen molar-refractivity contribution in [3.63, 3.8) is 0 Å². The molecule has 6 nitrogen and oxygen atoms in total. The fourth-order valence-corrected chi connectivity index (χ4v) is 4.51. The number of amides is 1. The molecule has 0 radical (unpaired) electrons. The maximum Gasteiger partial charge on any atom is 0.276 e. The lowest BCUT2D eigenvalue weighted by atomic mass is 9.71. The van der Waals surface area contributed by atoms with Crippen LogP contribution in [-0.4, -0.2) is 52.0 Å². The summed E-state index contributed by atoms with van der Waals surface area (Å²) in [6, 6.07) is 6.02. The summed E-state index contributed by atoms with van der Waals surface area (Å²) in [4.78, 5) is 22.0. The van der Waals surface area contributed by atoms with Gasteiger partial charge in [0, 0.05) is 50.9 Å². The van der Waals surface area contributed by atoms with Crippen LogP contribution in [0, 0.1) is 11.3 Å². The first kappa shape index (κ1) is 20.1. The van der Waals surface area contributed by atoms with Crippen LogP contribution in [0.2, 0.25) is 0 Å². The second kappa shape index (κ2) is 8.27. The van der Waals surface area contributed by atoms with Gasteiger partial charge in [0.1, 0.15) is 5.76 Å². The topological polar surface area (TPSA) is 62.5 Å². The molecule has 0 spiro atoms. The van der Waals surface area contributed by atoms with Gasteiger partial charge in [0.15, 0.2) is 5.69 Å². The molecule has 0 aromatic carbocycles. The van der Waals surface area contributed by atoms with E-state index in [4.69, 9.17) is 4.52 Å². The van der Waals surface area contributed by atoms with Crippen molar-refractivity contribution in [1.29, 1.82) is 0 Å². The number of fused-ring (bicyclic) bond motifs is 1. The Morgan fingerprint density at radius 2 is 2.07 bits per heavy atom. The van der Waals surface area contributed by atoms with Crippen LogP contribution in [0.3, 0.4) is 0 Å². The van der Waals surface area contributed by atoms with Crippen molar-refractivity contribution in [2.75, 3.05) is 26.2 Å². The molecule has 1 saturated heterocycles. The van der Waals surface area contributed by atoms with Crippen LogP contribution in [0.25, 0.3) is 0 Å². The summed E-state index contributed by atoms with van der Waals surface area (Å²) in [6.07, 6.45) is 5.68. The van der Waals surface area contributed by atoms with Gasteiger partial charge in [0.2, 0.25) is 0 Å². The van der Waals surface area contributed by atoms with Gasteiger partial charge in [0.25, 0.3) is 5.91 Å². The Hall–Kier alpha value is -2.21.